The largest absolute Gasteiger partial charge is 0.493 e. The van der Waals surface area contributed by atoms with E-state index in [0.717, 1.165) is 35.4 Å². The standard InChI is InChI=1S/C16H17BrN2O/c17-11-5-6-12(19-10-11)9-15(18)13-7-8-20-16-4-2-1-3-14(13)16/h1-6,10,13,15H,7-9,18H2. The molecule has 0 radical (unpaired) electrons. The summed E-state index contributed by atoms with van der Waals surface area (Å²) in [6, 6.07) is 12.3. The average molecular weight is 333 g/mol. The summed E-state index contributed by atoms with van der Waals surface area (Å²) in [5.74, 6) is 1.31. The number of hydrogen-bond donors (Lipinski definition) is 1. The Kier molecular flexibility index (Phi) is 4.03. The highest BCUT2D eigenvalue weighted by Gasteiger charge is 2.26. The van der Waals surface area contributed by atoms with Gasteiger partial charge in [0.15, 0.2) is 0 Å². The fourth-order valence-corrected chi connectivity index (χ4v) is 2.96. The predicted molar refractivity (Wildman–Crippen MR) is 82.9 cm³/mol. The normalized spacial score (nSPS) is 19.0. The van der Waals surface area contributed by atoms with E-state index < -0.39 is 0 Å². The SMILES string of the molecule is NC(Cc1ccc(Br)cn1)C1CCOc2ccccc21. The molecule has 0 amide bonds. The summed E-state index contributed by atoms with van der Waals surface area (Å²) < 4.78 is 6.68. The second-order valence-corrected chi connectivity index (χ2v) is 6.03. The first-order chi connectivity index (χ1) is 9.74. The fourth-order valence-electron chi connectivity index (χ4n) is 2.73. The van der Waals surface area contributed by atoms with Gasteiger partial charge in [-0.2, -0.15) is 0 Å². The maximum Gasteiger partial charge on any atom is 0.122 e. The van der Waals surface area contributed by atoms with Gasteiger partial charge in [-0.3, -0.25) is 4.98 Å². The Labute approximate surface area is 127 Å². The summed E-state index contributed by atoms with van der Waals surface area (Å²) >= 11 is 3.40. The van der Waals surface area contributed by atoms with Gasteiger partial charge in [0, 0.05) is 34.7 Å². The number of halogens is 1. The van der Waals surface area contributed by atoms with Crippen molar-refractivity contribution in [1.29, 1.82) is 0 Å². The topological polar surface area (TPSA) is 48.1 Å². The minimum absolute atomic E-state index is 0.0636. The predicted octanol–water partition coefficient (Wildman–Crippen LogP) is 3.28. The van der Waals surface area contributed by atoms with Crippen molar-refractivity contribution in [3.05, 3.63) is 58.3 Å². The van der Waals surface area contributed by atoms with E-state index in [2.05, 4.69) is 27.0 Å². The molecule has 2 heterocycles. The van der Waals surface area contributed by atoms with Crippen LogP contribution in [0.1, 0.15) is 23.6 Å². The highest BCUT2D eigenvalue weighted by molar-refractivity contribution is 9.10. The molecule has 0 bridgehead atoms. The fraction of sp³-hybridized carbons (Fsp3) is 0.312. The van der Waals surface area contributed by atoms with Gasteiger partial charge < -0.3 is 10.5 Å². The average Bonchev–Trinajstić information content (AvgIpc) is 2.49. The van der Waals surface area contributed by atoms with Crippen molar-refractivity contribution in [3.63, 3.8) is 0 Å². The Hall–Kier alpha value is -1.39. The van der Waals surface area contributed by atoms with Gasteiger partial charge in [-0.15, -0.1) is 0 Å². The van der Waals surface area contributed by atoms with Crippen molar-refractivity contribution in [3.8, 4) is 5.75 Å². The zero-order valence-electron chi connectivity index (χ0n) is 11.1. The first-order valence-electron chi connectivity index (χ1n) is 6.82. The van der Waals surface area contributed by atoms with E-state index in [-0.39, 0.29) is 6.04 Å². The van der Waals surface area contributed by atoms with E-state index in [0.29, 0.717) is 5.92 Å². The molecule has 0 saturated carbocycles. The first-order valence-corrected chi connectivity index (χ1v) is 7.61. The summed E-state index contributed by atoms with van der Waals surface area (Å²) in [7, 11) is 0. The molecule has 1 aliphatic heterocycles. The molecule has 1 aliphatic rings. The van der Waals surface area contributed by atoms with Gasteiger partial charge in [-0.1, -0.05) is 18.2 Å². The lowest BCUT2D eigenvalue weighted by Gasteiger charge is -2.30. The molecule has 2 unspecified atom stereocenters. The monoisotopic (exact) mass is 332 g/mol. The summed E-state index contributed by atoms with van der Waals surface area (Å²) in [5.41, 5.74) is 8.68. The van der Waals surface area contributed by atoms with Crippen LogP contribution in [0.3, 0.4) is 0 Å². The summed E-state index contributed by atoms with van der Waals surface area (Å²) in [6.07, 6.45) is 3.57. The van der Waals surface area contributed by atoms with E-state index in [4.69, 9.17) is 10.5 Å². The Morgan fingerprint density at radius 3 is 2.95 bits per heavy atom. The number of para-hydroxylation sites is 1. The van der Waals surface area contributed by atoms with Gasteiger partial charge >= 0.3 is 0 Å². The zero-order chi connectivity index (χ0) is 13.9. The molecule has 0 aliphatic carbocycles. The maximum atomic E-state index is 6.43. The van der Waals surface area contributed by atoms with Gasteiger partial charge in [-0.05, 0) is 46.1 Å². The van der Waals surface area contributed by atoms with Crippen LogP contribution in [0, 0.1) is 0 Å². The van der Waals surface area contributed by atoms with Crippen LogP contribution in [-0.4, -0.2) is 17.6 Å². The smallest absolute Gasteiger partial charge is 0.122 e. The van der Waals surface area contributed by atoms with E-state index in [9.17, 15) is 0 Å². The van der Waals surface area contributed by atoms with Crippen LogP contribution in [0.15, 0.2) is 47.1 Å². The van der Waals surface area contributed by atoms with E-state index in [1.165, 1.54) is 5.56 Å². The molecular formula is C16H17BrN2O. The Morgan fingerprint density at radius 2 is 2.15 bits per heavy atom. The van der Waals surface area contributed by atoms with Crippen LogP contribution in [0.4, 0.5) is 0 Å². The third-order valence-corrected chi connectivity index (χ3v) is 4.22. The lowest BCUT2D eigenvalue weighted by molar-refractivity contribution is 0.254. The van der Waals surface area contributed by atoms with Crippen molar-refractivity contribution in [1.82, 2.24) is 4.98 Å². The summed E-state index contributed by atoms with van der Waals surface area (Å²) in [5, 5.41) is 0. The van der Waals surface area contributed by atoms with Gasteiger partial charge in [0.1, 0.15) is 5.75 Å². The summed E-state index contributed by atoms with van der Waals surface area (Å²) in [6.45, 7) is 0.739. The molecule has 104 valence electrons. The number of fused-ring (bicyclic) bond motifs is 1. The number of aromatic nitrogens is 1. The van der Waals surface area contributed by atoms with Crippen molar-refractivity contribution in [2.24, 2.45) is 5.73 Å². The second kappa shape index (κ2) is 5.94. The molecule has 2 N–H and O–H groups in total. The lowest BCUT2D eigenvalue weighted by Crippen LogP contribution is -2.34. The second-order valence-electron chi connectivity index (χ2n) is 5.12. The van der Waals surface area contributed by atoms with Crippen molar-refractivity contribution in [2.45, 2.75) is 24.8 Å². The molecule has 4 heteroatoms. The highest BCUT2D eigenvalue weighted by atomic mass is 79.9. The zero-order valence-corrected chi connectivity index (χ0v) is 12.7. The van der Waals surface area contributed by atoms with Crippen LogP contribution in [0.2, 0.25) is 0 Å². The molecular weight excluding hydrogens is 316 g/mol. The number of rotatable bonds is 3. The van der Waals surface area contributed by atoms with Crippen molar-refractivity contribution >= 4 is 15.9 Å². The van der Waals surface area contributed by atoms with E-state index in [1.807, 2.05) is 36.5 Å². The number of nitrogens with zero attached hydrogens (tertiary/aromatic N) is 1. The van der Waals surface area contributed by atoms with Crippen LogP contribution in [0.5, 0.6) is 5.75 Å². The number of ether oxygens (including phenoxy) is 1. The number of hydrogen-bond acceptors (Lipinski definition) is 3. The molecule has 2 atom stereocenters. The Bertz CT molecular complexity index is 585. The molecule has 0 saturated heterocycles. The highest BCUT2D eigenvalue weighted by Crippen LogP contribution is 2.35. The molecule has 20 heavy (non-hydrogen) atoms. The van der Waals surface area contributed by atoms with Crippen LogP contribution in [0.25, 0.3) is 0 Å². The molecule has 0 fully saturated rings. The Morgan fingerprint density at radius 1 is 1.30 bits per heavy atom. The van der Waals surface area contributed by atoms with E-state index in [1.54, 1.807) is 0 Å². The van der Waals surface area contributed by atoms with Crippen LogP contribution < -0.4 is 10.5 Å². The minimum Gasteiger partial charge on any atom is -0.493 e. The Balaban J connectivity index is 1.78. The molecule has 0 spiro atoms. The molecule has 3 rings (SSSR count). The van der Waals surface area contributed by atoms with Gasteiger partial charge in [0.25, 0.3) is 0 Å². The first kappa shape index (κ1) is 13.6. The number of benzene rings is 1. The quantitative estimate of drug-likeness (QED) is 0.938. The lowest BCUT2D eigenvalue weighted by atomic mass is 9.85. The van der Waals surface area contributed by atoms with Crippen molar-refractivity contribution in [2.75, 3.05) is 6.61 Å². The van der Waals surface area contributed by atoms with Gasteiger partial charge in [0.05, 0.1) is 6.61 Å². The van der Waals surface area contributed by atoms with Crippen molar-refractivity contribution < 1.29 is 4.74 Å². The molecule has 1 aromatic carbocycles. The van der Waals surface area contributed by atoms with Gasteiger partial charge in [0.2, 0.25) is 0 Å². The molecule has 3 nitrogen and oxygen atoms in total. The van der Waals surface area contributed by atoms with Crippen LogP contribution in [-0.2, 0) is 6.42 Å². The maximum absolute atomic E-state index is 6.43. The molecule has 1 aromatic heterocycles. The third-order valence-electron chi connectivity index (χ3n) is 3.76. The van der Waals surface area contributed by atoms with Crippen LogP contribution >= 0.6 is 15.9 Å². The van der Waals surface area contributed by atoms with E-state index >= 15 is 0 Å². The summed E-state index contributed by atoms with van der Waals surface area (Å²) in [4.78, 5) is 4.41. The molecule has 2 aromatic rings. The third kappa shape index (κ3) is 2.86. The minimum atomic E-state index is 0.0636. The number of pyridine rings is 1. The number of nitrogens with two attached hydrogens (primary N) is 1. The van der Waals surface area contributed by atoms with Gasteiger partial charge in [-0.25, -0.2) is 0 Å².